The molecular formula is C17H20F3NO4S. The zero-order chi connectivity index (χ0) is 19.8. The molecule has 1 unspecified atom stereocenters. The van der Waals surface area contributed by atoms with Crippen LogP contribution >= 0.6 is 0 Å². The van der Waals surface area contributed by atoms with Crippen molar-refractivity contribution in [2.75, 3.05) is 0 Å². The van der Waals surface area contributed by atoms with Crippen LogP contribution in [0.15, 0.2) is 42.1 Å². The maximum absolute atomic E-state index is 13.0. The maximum Gasteiger partial charge on any atom is 0.516 e. The molecule has 1 fully saturated rings. The fraction of sp³-hybridized carbons (Fsp3) is 0.471. The molecule has 1 aromatic rings. The SMILES string of the molecule is CC1N(S(=O)(=O)C(F)(F)F)/C(=C/C(=O)OCc2ccccc2)CC1(C)C. The summed E-state index contributed by atoms with van der Waals surface area (Å²) in [7, 11) is -5.60. The molecule has 0 N–H and O–H groups in total. The van der Waals surface area contributed by atoms with Crippen LogP contribution in [0, 0.1) is 5.41 Å². The first-order chi connectivity index (χ1) is 11.9. The Morgan fingerprint density at radius 1 is 1.31 bits per heavy atom. The summed E-state index contributed by atoms with van der Waals surface area (Å²) in [6.45, 7) is 4.62. The summed E-state index contributed by atoms with van der Waals surface area (Å²) < 4.78 is 68.2. The van der Waals surface area contributed by atoms with Crippen molar-refractivity contribution in [2.45, 2.75) is 45.3 Å². The molecule has 144 valence electrons. The number of carbonyl (C=O) groups is 1. The van der Waals surface area contributed by atoms with Gasteiger partial charge in [0.2, 0.25) is 0 Å². The van der Waals surface area contributed by atoms with Gasteiger partial charge in [-0.05, 0) is 24.3 Å². The van der Waals surface area contributed by atoms with E-state index in [9.17, 15) is 26.4 Å². The molecule has 1 saturated heterocycles. The molecule has 0 saturated carbocycles. The molecule has 0 aliphatic carbocycles. The van der Waals surface area contributed by atoms with Gasteiger partial charge >= 0.3 is 21.5 Å². The molecule has 26 heavy (non-hydrogen) atoms. The summed E-state index contributed by atoms with van der Waals surface area (Å²) in [5, 5.41) is 0. The first-order valence-electron chi connectivity index (χ1n) is 7.88. The van der Waals surface area contributed by atoms with E-state index in [0.717, 1.165) is 6.08 Å². The van der Waals surface area contributed by atoms with Gasteiger partial charge in [0.05, 0.1) is 0 Å². The number of sulfonamides is 1. The zero-order valence-electron chi connectivity index (χ0n) is 14.6. The van der Waals surface area contributed by atoms with Crippen molar-refractivity contribution in [3.05, 3.63) is 47.7 Å². The molecular weight excluding hydrogens is 371 g/mol. The molecule has 2 rings (SSSR count). The Hall–Kier alpha value is -2.03. The number of carbonyl (C=O) groups excluding carboxylic acids is 1. The molecule has 1 heterocycles. The van der Waals surface area contributed by atoms with Gasteiger partial charge in [-0.3, -0.25) is 4.31 Å². The van der Waals surface area contributed by atoms with Crippen LogP contribution < -0.4 is 0 Å². The van der Waals surface area contributed by atoms with Crippen molar-refractivity contribution in [2.24, 2.45) is 5.41 Å². The van der Waals surface area contributed by atoms with Crippen molar-refractivity contribution in [3.63, 3.8) is 0 Å². The summed E-state index contributed by atoms with van der Waals surface area (Å²) >= 11 is 0. The standard InChI is InChI=1S/C17H20F3NO4S/c1-12-16(2,3)10-14(21(12)26(23,24)17(18,19)20)9-15(22)25-11-13-7-5-4-6-8-13/h4-9,12H,10-11H2,1-3H3/b14-9+. The van der Waals surface area contributed by atoms with Gasteiger partial charge < -0.3 is 4.74 Å². The predicted molar refractivity (Wildman–Crippen MR) is 89.0 cm³/mol. The number of halogens is 3. The third-order valence-corrected chi connectivity index (χ3v) is 6.12. The van der Waals surface area contributed by atoms with E-state index >= 15 is 0 Å². The fourth-order valence-electron chi connectivity index (χ4n) is 2.75. The monoisotopic (exact) mass is 391 g/mol. The Balaban J connectivity index is 2.27. The highest BCUT2D eigenvalue weighted by atomic mass is 32.2. The third-order valence-electron chi connectivity index (χ3n) is 4.46. The molecule has 1 aromatic carbocycles. The normalized spacial score (nSPS) is 21.8. The average Bonchev–Trinajstić information content (AvgIpc) is 2.74. The lowest BCUT2D eigenvalue weighted by atomic mass is 9.85. The number of ether oxygens (including phenoxy) is 1. The Morgan fingerprint density at radius 3 is 2.42 bits per heavy atom. The smallest absolute Gasteiger partial charge is 0.458 e. The van der Waals surface area contributed by atoms with Crippen molar-refractivity contribution >= 4 is 16.0 Å². The second kappa shape index (κ2) is 6.94. The highest BCUT2D eigenvalue weighted by Crippen LogP contribution is 2.46. The Labute approximate surface area is 150 Å². The Bertz CT molecular complexity index is 801. The van der Waals surface area contributed by atoms with Crippen LogP contribution in [-0.4, -0.2) is 30.2 Å². The fourth-order valence-corrected chi connectivity index (χ4v) is 4.10. The van der Waals surface area contributed by atoms with E-state index in [4.69, 9.17) is 4.74 Å². The van der Waals surface area contributed by atoms with Gasteiger partial charge in [-0.2, -0.15) is 21.6 Å². The molecule has 1 aliphatic heterocycles. The van der Waals surface area contributed by atoms with Crippen LogP contribution in [0.4, 0.5) is 13.2 Å². The van der Waals surface area contributed by atoms with Gasteiger partial charge in [0.15, 0.2) is 0 Å². The Kier molecular flexibility index (Phi) is 5.41. The van der Waals surface area contributed by atoms with E-state index in [1.807, 2.05) is 0 Å². The largest absolute Gasteiger partial charge is 0.516 e. The Morgan fingerprint density at radius 2 is 1.88 bits per heavy atom. The number of esters is 1. The predicted octanol–water partition coefficient (Wildman–Crippen LogP) is 3.58. The minimum Gasteiger partial charge on any atom is -0.458 e. The topological polar surface area (TPSA) is 63.7 Å². The van der Waals surface area contributed by atoms with Gasteiger partial charge in [-0.25, -0.2) is 4.79 Å². The van der Waals surface area contributed by atoms with E-state index in [2.05, 4.69) is 0 Å². The van der Waals surface area contributed by atoms with Gasteiger partial charge in [0, 0.05) is 17.8 Å². The van der Waals surface area contributed by atoms with Crippen LogP contribution in [0.25, 0.3) is 0 Å². The number of hydrogen-bond donors (Lipinski definition) is 0. The van der Waals surface area contributed by atoms with Crippen LogP contribution in [0.3, 0.4) is 0 Å². The minimum absolute atomic E-state index is 0.00388. The van der Waals surface area contributed by atoms with E-state index in [-0.39, 0.29) is 23.0 Å². The lowest BCUT2D eigenvalue weighted by Gasteiger charge is -2.30. The molecule has 0 radical (unpaired) electrons. The summed E-state index contributed by atoms with van der Waals surface area (Å²) in [4.78, 5) is 12.0. The molecule has 0 aromatic heterocycles. The first-order valence-corrected chi connectivity index (χ1v) is 9.32. The van der Waals surface area contributed by atoms with Crippen LogP contribution in [0.1, 0.15) is 32.8 Å². The lowest BCUT2D eigenvalue weighted by Crippen LogP contribution is -2.44. The number of allylic oxidation sites excluding steroid dienone is 1. The summed E-state index contributed by atoms with van der Waals surface area (Å²) in [6.07, 6.45) is 0.835. The van der Waals surface area contributed by atoms with Crippen molar-refractivity contribution in [1.82, 2.24) is 4.31 Å². The average molecular weight is 391 g/mol. The van der Waals surface area contributed by atoms with Crippen molar-refractivity contribution < 1.29 is 31.1 Å². The van der Waals surface area contributed by atoms with Gasteiger partial charge in [-0.1, -0.05) is 44.2 Å². The highest BCUT2D eigenvalue weighted by molar-refractivity contribution is 7.90. The van der Waals surface area contributed by atoms with E-state index in [1.54, 1.807) is 44.2 Å². The second-order valence-electron chi connectivity index (χ2n) is 6.82. The molecule has 5 nitrogen and oxygen atoms in total. The number of benzene rings is 1. The van der Waals surface area contributed by atoms with Gasteiger partial charge in [0.25, 0.3) is 0 Å². The number of hydrogen-bond acceptors (Lipinski definition) is 4. The lowest BCUT2D eigenvalue weighted by molar-refractivity contribution is -0.139. The molecule has 1 atom stereocenters. The van der Waals surface area contributed by atoms with Crippen molar-refractivity contribution in [1.29, 1.82) is 0 Å². The summed E-state index contributed by atoms with van der Waals surface area (Å²) in [5.74, 6) is -0.892. The number of rotatable bonds is 4. The van der Waals surface area contributed by atoms with Crippen LogP contribution in [0.2, 0.25) is 0 Å². The van der Waals surface area contributed by atoms with Crippen molar-refractivity contribution in [3.8, 4) is 0 Å². The van der Waals surface area contributed by atoms with E-state index in [0.29, 0.717) is 5.56 Å². The molecule has 0 bridgehead atoms. The second-order valence-corrected chi connectivity index (χ2v) is 8.62. The molecule has 9 heteroatoms. The van der Waals surface area contributed by atoms with Crippen LogP contribution in [-0.2, 0) is 26.2 Å². The third kappa shape index (κ3) is 4.03. The number of nitrogens with zero attached hydrogens (tertiary/aromatic N) is 1. The van der Waals surface area contributed by atoms with E-state index < -0.39 is 33.0 Å². The molecule has 0 amide bonds. The summed E-state index contributed by atoms with van der Waals surface area (Å²) in [6, 6.07) is 7.78. The zero-order valence-corrected chi connectivity index (χ0v) is 15.4. The van der Waals surface area contributed by atoms with Crippen LogP contribution in [0.5, 0.6) is 0 Å². The minimum atomic E-state index is -5.60. The van der Waals surface area contributed by atoms with Gasteiger partial charge in [0.1, 0.15) is 6.61 Å². The first kappa shape index (κ1) is 20.3. The number of alkyl halides is 3. The highest BCUT2D eigenvalue weighted by Gasteiger charge is 2.57. The molecule has 1 aliphatic rings. The quantitative estimate of drug-likeness (QED) is 0.581. The summed E-state index contributed by atoms with van der Waals surface area (Å²) in [5.41, 5.74) is -5.73. The molecule has 0 spiro atoms. The maximum atomic E-state index is 13.0. The van der Waals surface area contributed by atoms with E-state index in [1.165, 1.54) is 6.92 Å². The van der Waals surface area contributed by atoms with Gasteiger partial charge in [-0.15, -0.1) is 0 Å².